The van der Waals surface area contributed by atoms with E-state index in [2.05, 4.69) is 20.9 Å². The highest BCUT2D eigenvalue weighted by molar-refractivity contribution is 7.98. The second-order valence-corrected chi connectivity index (χ2v) is 5.10. The Morgan fingerprint density at radius 2 is 2.15 bits per heavy atom. The van der Waals surface area contributed by atoms with Crippen LogP contribution in [0, 0.1) is 5.92 Å². The van der Waals surface area contributed by atoms with Crippen molar-refractivity contribution in [1.82, 2.24) is 20.9 Å². The minimum Gasteiger partial charge on any atom is -0.300 e. The van der Waals surface area contributed by atoms with Crippen molar-refractivity contribution in [3.05, 3.63) is 0 Å². The lowest BCUT2D eigenvalue weighted by molar-refractivity contribution is 0.272. The van der Waals surface area contributed by atoms with Crippen molar-refractivity contribution in [2.24, 2.45) is 5.92 Å². The number of hydrogen-bond acceptors (Lipinski definition) is 5. The Kier molecular flexibility index (Phi) is 2.22. The SMILES string of the molecule is C1NC2CCC3CNNSC3C2N1. The lowest BCUT2D eigenvalue weighted by Crippen LogP contribution is -2.56. The maximum absolute atomic E-state index is 3.56. The number of hydrazine groups is 1. The van der Waals surface area contributed by atoms with Gasteiger partial charge in [-0.3, -0.25) is 5.32 Å². The highest BCUT2D eigenvalue weighted by Crippen LogP contribution is 2.35. The van der Waals surface area contributed by atoms with Gasteiger partial charge >= 0.3 is 0 Å². The Bertz CT molecular complexity index is 201. The van der Waals surface area contributed by atoms with Crippen LogP contribution < -0.4 is 20.9 Å². The molecule has 0 radical (unpaired) electrons. The van der Waals surface area contributed by atoms with Gasteiger partial charge in [0, 0.05) is 30.5 Å². The third kappa shape index (κ3) is 1.39. The van der Waals surface area contributed by atoms with Crippen molar-refractivity contribution in [2.75, 3.05) is 13.2 Å². The third-order valence-corrected chi connectivity index (χ3v) is 4.65. The van der Waals surface area contributed by atoms with Gasteiger partial charge in [0.15, 0.2) is 0 Å². The molecule has 4 nitrogen and oxygen atoms in total. The molecule has 0 spiro atoms. The standard InChI is InChI=1S/C8H16N4S/c1-2-6-7(10-4-9-6)8-5(1)3-11-12-13-8/h5-12H,1-4H2. The molecule has 0 aromatic heterocycles. The number of nitrogens with one attached hydrogen (secondary N) is 4. The van der Waals surface area contributed by atoms with E-state index in [0.717, 1.165) is 24.4 Å². The fourth-order valence-electron chi connectivity index (χ4n) is 2.73. The van der Waals surface area contributed by atoms with Gasteiger partial charge in [0.05, 0.1) is 0 Å². The molecule has 4 N–H and O–H groups in total. The number of hydrogen-bond donors (Lipinski definition) is 4. The third-order valence-electron chi connectivity index (χ3n) is 3.43. The van der Waals surface area contributed by atoms with E-state index < -0.39 is 0 Å². The summed E-state index contributed by atoms with van der Waals surface area (Å²) in [7, 11) is 0. The second-order valence-electron chi connectivity index (χ2n) is 4.12. The molecule has 0 aromatic rings. The largest absolute Gasteiger partial charge is 0.300 e. The lowest BCUT2D eigenvalue weighted by Gasteiger charge is -2.41. The van der Waals surface area contributed by atoms with Crippen LogP contribution in [-0.2, 0) is 0 Å². The quantitative estimate of drug-likeness (QED) is 0.394. The zero-order chi connectivity index (χ0) is 8.67. The average Bonchev–Trinajstić information content (AvgIpc) is 2.65. The van der Waals surface area contributed by atoms with Crippen LogP contribution in [0.1, 0.15) is 12.8 Å². The van der Waals surface area contributed by atoms with E-state index in [1.165, 1.54) is 12.8 Å². The molecular formula is C8H16N4S. The van der Waals surface area contributed by atoms with Crippen LogP contribution in [0.2, 0.25) is 0 Å². The molecule has 4 atom stereocenters. The van der Waals surface area contributed by atoms with Gasteiger partial charge in [-0.25, -0.2) is 10.3 Å². The van der Waals surface area contributed by atoms with Crippen molar-refractivity contribution in [1.29, 1.82) is 0 Å². The van der Waals surface area contributed by atoms with Gasteiger partial charge in [-0.15, -0.1) is 0 Å². The summed E-state index contributed by atoms with van der Waals surface area (Å²) in [6.45, 7) is 2.12. The predicted octanol–water partition coefficient (Wildman–Crippen LogP) is -0.591. The number of rotatable bonds is 0. The van der Waals surface area contributed by atoms with Crippen LogP contribution in [0.25, 0.3) is 0 Å². The van der Waals surface area contributed by atoms with E-state index in [-0.39, 0.29) is 0 Å². The van der Waals surface area contributed by atoms with Gasteiger partial charge in [-0.1, -0.05) is 11.9 Å². The molecule has 3 fully saturated rings. The van der Waals surface area contributed by atoms with Crippen molar-refractivity contribution in [3.8, 4) is 0 Å². The molecule has 0 aromatic carbocycles. The Hall–Kier alpha value is 0.190. The summed E-state index contributed by atoms with van der Waals surface area (Å²) in [5.74, 6) is 0.847. The van der Waals surface area contributed by atoms with Crippen LogP contribution in [0.3, 0.4) is 0 Å². The van der Waals surface area contributed by atoms with E-state index >= 15 is 0 Å². The molecular weight excluding hydrogens is 184 g/mol. The van der Waals surface area contributed by atoms with Crippen LogP contribution >= 0.6 is 11.9 Å². The van der Waals surface area contributed by atoms with Crippen molar-refractivity contribution in [2.45, 2.75) is 30.2 Å². The first-order valence-electron chi connectivity index (χ1n) is 5.05. The van der Waals surface area contributed by atoms with Gasteiger partial charge in [0.25, 0.3) is 0 Å². The minimum atomic E-state index is 0.679. The monoisotopic (exact) mass is 200 g/mol. The topological polar surface area (TPSA) is 48.1 Å². The molecule has 2 saturated heterocycles. The first kappa shape index (κ1) is 8.49. The molecule has 1 saturated carbocycles. The predicted molar refractivity (Wildman–Crippen MR) is 54.0 cm³/mol. The van der Waals surface area contributed by atoms with Gasteiger partial charge in [0.1, 0.15) is 0 Å². The Labute approximate surface area is 82.7 Å². The maximum atomic E-state index is 3.56. The molecule has 2 aliphatic heterocycles. The molecule has 3 rings (SSSR count). The summed E-state index contributed by atoms with van der Waals surface area (Å²) in [5, 5.41) is 7.82. The zero-order valence-corrected chi connectivity index (χ0v) is 8.36. The van der Waals surface area contributed by atoms with E-state index in [4.69, 9.17) is 0 Å². The van der Waals surface area contributed by atoms with Crippen LogP contribution in [0.15, 0.2) is 0 Å². The van der Waals surface area contributed by atoms with E-state index in [1.807, 2.05) is 11.9 Å². The van der Waals surface area contributed by atoms with Crippen LogP contribution in [-0.4, -0.2) is 30.5 Å². The molecule has 4 unspecified atom stereocenters. The molecule has 0 bridgehead atoms. The average molecular weight is 200 g/mol. The normalized spacial score (nSPS) is 49.8. The number of fused-ring (bicyclic) bond motifs is 3. The summed E-state index contributed by atoms with van der Waals surface area (Å²) in [5.41, 5.74) is 3.23. The van der Waals surface area contributed by atoms with Gasteiger partial charge in [0.2, 0.25) is 0 Å². The van der Waals surface area contributed by atoms with Crippen LogP contribution in [0.5, 0.6) is 0 Å². The van der Waals surface area contributed by atoms with Crippen molar-refractivity contribution < 1.29 is 0 Å². The van der Waals surface area contributed by atoms with Gasteiger partial charge < -0.3 is 5.32 Å². The van der Waals surface area contributed by atoms with Crippen molar-refractivity contribution >= 4 is 11.9 Å². The van der Waals surface area contributed by atoms with E-state index in [1.54, 1.807) is 0 Å². The highest BCUT2D eigenvalue weighted by Gasteiger charge is 2.43. The first-order valence-corrected chi connectivity index (χ1v) is 5.93. The van der Waals surface area contributed by atoms with Gasteiger partial charge in [-0.05, 0) is 18.8 Å². The summed E-state index contributed by atoms with van der Waals surface area (Å²) in [4.78, 5) is 3.20. The van der Waals surface area contributed by atoms with E-state index in [9.17, 15) is 0 Å². The van der Waals surface area contributed by atoms with Crippen molar-refractivity contribution in [3.63, 3.8) is 0 Å². The molecule has 5 heteroatoms. The Balaban J connectivity index is 1.77. The first-order chi connectivity index (χ1) is 6.45. The van der Waals surface area contributed by atoms with Crippen LogP contribution in [0.4, 0.5) is 0 Å². The Morgan fingerprint density at radius 3 is 3.15 bits per heavy atom. The summed E-state index contributed by atoms with van der Waals surface area (Å²) < 4.78 is 0. The fourth-order valence-corrected chi connectivity index (χ4v) is 3.89. The molecule has 13 heavy (non-hydrogen) atoms. The lowest BCUT2D eigenvalue weighted by atomic mass is 9.82. The summed E-state index contributed by atoms with van der Waals surface area (Å²) in [6.07, 6.45) is 2.70. The van der Waals surface area contributed by atoms with Gasteiger partial charge in [-0.2, -0.15) is 0 Å². The molecule has 0 amide bonds. The zero-order valence-electron chi connectivity index (χ0n) is 7.55. The smallest absolute Gasteiger partial charge is 0.0460 e. The summed E-state index contributed by atoms with van der Waals surface area (Å²) in [6, 6.07) is 1.40. The maximum Gasteiger partial charge on any atom is 0.0460 e. The molecule has 1 aliphatic carbocycles. The summed E-state index contributed by atoms with van der Waals surface area (Å²) >= 11 is 1.86. The second kappa shape index (κ2) is 3.40. The fraction of sp³-hybridized carbons (Fsp3) is 1.00. The Morgan fingerprint density at radius 1 is 1.15 bits per heavy atom. The molecule has 3 aliphatic rings. The highest BCUT2D eigenvalue weighted by atomic mass is 32.2. The van der Waals surface area contributed by atoms with E-state index in [0.29, 0.717) is 12.1 Å². The molecule has 2 heterocycles. The minimum absolute atomic E-state index is 0.679. The molecule has 74 valence electrons.